The minimum atomic E-state index is -0.752. The smallest absolute Gasteiger partial charge is 0.0948 e. The standard InChI is InChI=1S/C18H23NO3/c20-12-17(19-11-15-7-3-1-4-8-15)18(21)14-22-13-16-9-5-2-6-10-16/h1-10,17-21H,11-14H2/t17-,18+/m0/s1. The highest BCUT2D eigenvalue weighted by molar-refractivity contribution is 5.14. The molecule has 3 N–H and O–H groups in total. The van der Waals surface area contributed by atoms with E-state index in [9.17, 15) is 10.2 Å². The average molecular weight is 301 g/mol. The van der Waals surface area contributed by atoms with Crippen molar-refractivity contribution in [1.82, 2.24) is 5.32 Å². The monoisotopic (exact) mass is 301 g/mol. The summed E-state index contributed by atoms with van der Waals surface area (Å²) in [4.78, 5) is 0. The molecule has 0 saturated heterocycles. The lowest BCUT2D eigenvalue weighted by Gasteiger charge is -2.22. The number of nitrogens with one attached hydrogen (secondary N) is 1. The summed E-state index contributed by atoms with van der Waals surface area (Å²) in [5.41, 5.74) is 2.17. The molecule has 0 heterocycles. The van der Waals surface area contributed by atoms with E-state index >= 15 is 0 Å². The minimum Gasteiger partial charge on any atom is -0.395 e. The molecule has 4 heteroatoms. The fraction of sp³-hybridized carbons (Fsp3) is 0.333. The summed E-state index contributed by atoms with van der Waals surface area (Å²) in [6, 6.07) is 19.3. The van der Waals surface area contributed by atoms with Crippen molar-refractivity contribution in [2.45, 2.75) is 25.3 Å². The molecule has 0 aliphatic heterocycles. The van der Waals surface area contributed by atoms with E-state index in [4.69, 9.17) is 4.74 Å². The van der Waals surface area contributed by atoms with Gasteiger partial charge in [-0.25, -0.2) is 0 Å². The van der Waals surface area contributed by atoms with E-state index in [2.05, 4.69) is 5.32 Å². The van der Waals surface area contributed by atoms with Crippen LogP contribution in [0.1, 0.15) is 11.1 Å². The SMILES string of the molecule is OC[C@H](NCc1ccccc1)[C@H](O)COCc1ccccc1. The van der Waals surface area contributed by atoms with Gasteiger partial charge >= 0.3 is 0 Å². The third kappa shape index (κ3) is 5.58. The Kier molecular flexibility index (Phi) is 7.06. The number of hydrogen-bond acceptors (Lipinski definition) is 4. The molecule has 0 amide bonds. The Morgan fingerprint density at radius 2 is 1.50 bits per heavy atom. The van der Waals surface area contributed by atoms with Crippen molar-refractivity contribution in [2.24, 2.45) is 0 Å². The van der Waals surface area contributed by atoms with Gasteiger partial charge in [0, 0.05) is 6.54 Å². The van der Waals surface area contributed by atoms with Gasteiger partial charge in [0.15, 0.2) is 0 Å². The summed E-state index contributed by atoms with van der Waals surface area (Å²) >= 11 is 0. The zero-order valence-corrected chi connectivity index (χ0v) is 12.6. The molecule has 0 radical (unpaired) electrons. The van der Waals surface area contributed by atoms with Crippen LogP contribution in [-0.2, 0) is 17.9 Å². The van der Waals surface area contributed by atoms with E-state index < -0.39 is 12.1 Å². The number of hydrogen-bond donors (Lipinski definition) is 3. The van der Waals surface area contributed by atoms with Crippen LogP contribution in [0.4, 0.5) is 0 Å². The van der Waals surface area contributed by atoms with Gasteiger partial charge in [0.2, 0.25) is 0 Å². The molecule has 22 heavy (non-hydrogen) atoms. The molecule has 0 fully saturated rings. The number of aliphatic hydroxyl groups is 2. The molecule has 0 aliphatic carbocycles. The van der Waals surface area contributed by atoms with Gasteiger partial charge in [-0.2, -0.15) is 0 Å². The third-order valence-corrected chi connectivity index (χ3v) is 3.47. The topological polar surface area (TPSA) is 61.7 Å². The first-order valence-corrected chi connectivity index (χ1v) is 7.47. The molecule has 0 bridgehead atoms. The van der Waals surface area contributed by atoms with Gasteiger partial charge in [0.25, 0.3) is 0 Å². The molecule has 2 aromatic rings. The fourth-order valence-electron chi connectivity index (χ4n) is 2.15. The van der Waals surface area contributed by atoms with Crippen LogP contribution in [0, 0.1) is 0 Å². The second-order valence-electron chi connectivity index (χ2n) is 5.22. The maximum Gasteiger partial charge on any atom is 0.0948 e. The summed E-state index contributed by atoms with van der Waals surface area (Å²) in [5.74, 6) is 0. The van der Waals surface area contributed by atoms with E-state index in [-0.39, 0.29) is 13.2 Å². The van der Waals surface area contributed by atoms with Crippen molar-refractivity contribution in [3.05, 3.63) is 71.8 Å². The number of aliphatic hydroxyl groups excluding tert-OH is 2. The highest BCUT2D eigenvalue weighted by Crippen LogP contribution is 2.04. The first-order chi connectivity index (χ1) is 10.8. The molecular formula is C18H23NO3. The third-order valence-electron chi connectivity index (χ3n) is 3.47. The summed E-state index contributed by atoms with van der Waals surface area (Å²) in [7, 11) is 0. The predicted molar refractivity (Wildman–Crippen MR) is 86.3 cm³/mol. The Balaban J connectivity index is 1.73. The second kappa shape index (κ2) is 9.33. The quantitative estimate of drug-likeness (QED) is 0.660. The van der Waals surface area contributed by atoms with Crippen LogP contribution in [0.5, 0.6) is 0 Å². The van der Waals surface area contributed by atoms with E-state index in [0.717, 1.165) is 11.1 Å². The molecular weight excluding hydrogens is 278 g/mol. The molecule has 0 aliphatic rings. The molecule has 2 atom stereocenters. The summed E-state index contributed by atoms with van der Waals surface area (Å²) in [6.45, 7) is 1.10. The van der Waals surface area contributed by atoms with Gasteiger partial charge in [0.05, 0.1) is 32.0 Å². The normalized spacial score (nSPS) is 13.7. The molecule has 2 aromatic carbocycles. The van der Waals surface area contributed by atoms with Crippen LogP contribution in [-0.4, -0.2) is 35.6 Å². The Bertz CT molecular complexity index is 518. The Morgan fingerprint density at radius 1 is 0.909 bits per heavy atom. The maximum atomic E-state index is 10.1. The van der Waals surface area contributed by atoms with Gasteiger partial charge in [-0.3, -0.25) is 0 Å². The largest absolute Gasteiger partial charge is 0.395 e. The lowest BCUT2D eigenvalue weighted by atomic mass is 10.1. The van der Waals surface area contributed by atoms with Crippen LogP contribution >= 0.6 is 0 Å². The average Bonchev–Trinajstić information content (AvgIpc) is 2.57. The Hall–Kier alpha value is -1.72. The van der Waals surface area contributed by atoms with Crippen molar-refractivity contribution in [1.29, 1.82) is 0 Å². The van der Waals surface area contributed by atoms with E-state index in [0.29, 0.717) is 13.2 Å². The van der Waals surface area contributed by atoms with E-state index in [1.165, 1.54) is 0 Å². The first kappa shape index (κ1) is 16.6. The molecule has 0 spiro atoms. The zero-order chi connectivity index (χ0) is 15.6. The number of benzene rings is 2. The van der Waals surface area contributed by atoms with Gasteiger partial charge in [-0.05, 0) is 11.1 Å². The first-order valence-electron chi connectivity index (χ1n) is 7.47. The van der Waals surface area contributed by atoms with Crippen LogP contribution < -0.4 is 5.32 Å². The molecule has 0 saturated carbocycles. The Morgan fingerprint density at radius 3 is 2.09 bits per heavy atom. The van der Waals surface area contributed by atoms with Crippen LogP contribution in [0.15, 0.2) is 60.7 Å². The number of rotatable bonds is 9. The van der Waals surface area contributed by atoms with Gasteiger partial charge in [-0.15, -0.1) is 0 Å². The summed E-state index contributed by atoms with van der Waals surface area (Å²) < 4.78 is 5.52. The lowest BCUT2D eigenvalue weighted by molar-refractivity contribution is -0.00255. The molecule has 4 nitrogen and oxygen atoms in total. The Labute approximate surface area is 131 Å². The van der Waals surface area contributed by atoms with E-state index in [1.54, 1.807) is 0 Å². The van der Waals surface area contributed by atoms with Crippen molar-refractivity contribution in [3.63, 3.8) is 0 Å². The minimum absolute atomic E-state index is 0.136. The van der Waals surface area contributed by atoms with Crippen molar-refractivity contribution in [2.75, 3.05) is 13.2 Å². The fourth-order valence-corrected chi connectivity index (χ4v) is 2.15. The van der Waals surface area contributed by atoms with Crippen LogP contribution in [0.2, 0.25) is 0 Å². The maximum absolute atomic E-state index is 10.1. The number of ether oxygens (including phenoxy) is 1. The molecule has 2 rings (SSSR count). The summed E-state index contributed by atoms with van der Waals surface area (Å²) in [6.07, 6.45) is -0.752. The van der Waals surface area contributed by atoms with Gasteiger partial charge in [-0.1, -0.05) is 60.7 Å². The second-order valence-corrected chi connectivity index (χ2v) is 5.22. The highest BCUT2D eigenvalue weighted by Gasteiger charge is 2.18. The van der Waals surface area contributed by atoms with Crippen LogP contribution in [0.25, 0.3) is 0 Å². The van der Waals surface area contributed by atoms with Crippen LogP contribution in [0.3, 0.4) is 0 Å². The van der Waals surface area contributed by atoms with Crippen molar-refractivity contribution in [3.8, 4) is 0 Å². The van der Waals surface area contributed by atoms with Crippen molar-refractivity contribution < 1.29 is 14.9 Å². The summed E-state index contributed by atoms with van der Waals surface area (Å²) in [5, 5.41) is 22.7. The zero-order valence-electron chi connectivity index (χ0n) is 12.6. The highest BCUT2D eigenvalue weighted by atomic mass is 16.5. The van der Waals surface area contributed by atoms with Gasteiger partial charge < -0.3 is 20.3 Å². The lowest BCUT2D eigenvalue weighted by Crippen LogP contribution is -2.44. The predicted octanol–water partition coefficient (Wildman–Crippen LogP) is 1.71. The molecule has 118 valence electrons. The van der Waals surface area contributed by atoms with Crippen molar-refractivity contribution >= 4 is 0 Å². The molecule has 0 aromatic heterocycles. The molecule has 0 unspecified atom stereocenters. The van der Waals surface area contributed by atoms with E-state index in [1.807, 2.05) is 60.7 Å². The van der Waals surface area contributed by atoms with Gasteiger partial charge in [0.1, 0.15) is 0 Å².